The van der Waals surface area contributed by atoms with Crippen LogP contribution in [0.15, 0.2) is 66.7 Å². The number of ether oxygens (including phenoxy) is 1. The molecule has 2 nitrogen and oxygen atoms in total. The molecule has 0 fully saturated rings. The molecule has 0 aliphatic carbocycles. The van der Waals surface area contributed by atoms with Gasteiger partial charge in [0.25, 0.3) is 0 Å². The van der Waals surface area contributed by atoms with Crippen molar-refractivity contribution in [2.75, 3.05) is 14.1 Å². The Labute approximate surface area is 215 Å². The van der Waals surface area contributed by atoms with Crippen LogP contribution in [0.4, 0.5) is 0 Å². The summed E-state index contributed by atoms with van der Waals surface area (Å²) in [6.45, 7) is 15.4. The average molecular weight is 490 g/mol. The van der Waals surface area contributed by atoms with Crippen LogP contribution in [-0.2, 0) is 23.7 Å². The molecule has 0 heterocycles. The van der Waals surface area contributed by atoms with E-state index in [4.69, 9.17) is 4.74 Å². The van der Waals surface area contributed by atoms with E-state index in [-0.39, 0.29) is 10.6 Å². The van der Waals surface area contributed by atoms with Crippen LogP contribution in [0.3, 0.4) is 0 Å². The maximum absolute atomic E-state index is 6.77. The lowest BCUT2D eigenvalue weighted by atomic mass is 9.80. The van der Waals surface area contributed by atoms with E-state index in [0.29, 0.717) is 15.2 Å². The Kier molecular flexibility index (Phi) is 9.19. The van der Waals surface area contributed by atoms with Crippen LogP contribution >= 0.6 is 8.58 Å². The molecular formula is C32H44NOP. The lowest BCUT2D eigenvalue weighted by Crippen LogP contribution is -2.27. The third-order valence-corrected chi connectivity index (χ3v) is 9.08. The van der Waals surface area contributed by atoms with Gasteiger partial charge in [-0.3, -0.25) is 0 Å². The minimum Gasteiger partial charge on any atom is -0.488 e. The van der Waals surface area contributed by atoms with E-state index in [1.165, 1.54) is 33.1 Å². The molecule has 0 bridgehead atoms. The normalized spacial score (nSPS) is 12.6. The number of hydrogen-bond donors (Lipinski definition) is 0. The van der Waals surface area contributed by atoms with Crippen LogP contribution < -0.4 is 10.0 Å². The molecule has 0 saturated carbocycles. The van der Waals surface area contributed by atoms with Crippen molar-refractivity contribution in [2.45, 2.75) is 78.1 Å². The van der Waals surface area contributed by atoms with Gasteiger partial charge in [0.1, 0.15) is 12.4 Å². The SMILES string of the molecule is CCC(CC)(Pc1ccccc1CN(C)C)c1cc(C)cc(C(C)(C)C)c1OCc1ccccc1. The van der Waals surface area contributed by atoms with E-state index in [1.807, 2.05) is 0 Å². The summed E-state index contributed by atoms with van der Waals surface area (Å²) in [5, 5.41) is 1.50. The monoisotopic (exact) mass is 489 g/mol. The first kappa shape index (κ1) is 27.4. The van der Waals surface area contributed by atoms with Crippen LogP contribution in [0.1, 0.15) is 75.3 Å². The third-order valence-electron chi connectivity index (χ3n) is 6.87. The lowest BCUT2D eigenvalue weighted by molar-refractivity contribution is 0.289. The highest BCUT2D eigenvalue weighted by molar-refractivity contribution is 7.48. The third kappa shape index (κ3) is 6.75. The Balaban J connectivity index is 2.16. The Morgan fingerprint density at radius 1 is 0.829 bits per heavy atom. The van der Waals surface area contributed by atoms with Gasteiger partial charge in [0, 0.05) is 22.8 Å². The largest absolute Gasteiger partial charge is 0.488 e. The second-order valence-corrected chi connectivity index (χ2v) is 12.8. The average Bonchev–Trinajstić information content (AvgIpc) is 2.82. The van der Waals surface area contributed by atoms with Crippen molar-refractivity contribution < 1.29 is 4.74 Å². The molecule has 1 unspecified atom stereocenters. The number of aryl methyl sites for hydroxylation is 1. The molecule has 3 rings (SSSR count). The van der Waals surface area contributed by atoms with Crippen LogP contribution in [0, 0.1) is 6.92 Å². The Morgan fingerprint density at radius 2 is 1.43 bits per heavy atom. The predicted molar refractivity (Wildman–Crippen MR) is 155 cm³/mol. The quantitative estimate of drug-likeness (QED) is 0.268. The molecule has 0 saturated heterocycles. The molecule has 0 aromatic heterocycles. The molecule has 1 atom stereocenters. The van der Waals surface area contributed by atoms with Crippen LogP contribution in [0.25, 0.3) is 0 Å². The molecule has 188 valence electrons. The van der Waals surface area contributed by atoms with Gasteiger partial charge in [0.2, 0.25) is 0 Å². The van der Waals surface area contributed by atoms with Gasteiger partial charge in [0.05, 0.1) is 0 Å². The zero-order valence-corrected chi connectivity index (χ0v) is 24.0. The van der Waals surface area contributed by atoms with Crippen molar-refractivity contribution in [3.63, 3.8) is 0 Å². The van der Waals surface area contributed by atoms with Crippen molar-refractivity contribution in [3.05, 3.63) is 94.5 Å². The highest BCUT2D eigenvalue weighted by Gasteiger charge is 2.35. The smallest absolute Gasteiger partial charge is 0.127 e. The summed E-state index contributed by atoms with van der Waals surface area (Å²) in [5.74, 6) is 1.09. The van der Waals surface area contributed by atoms with Gasteiger partial charge in [-0.15, -0.1) is 0 Å². The Morgan fingerprint density at radius 3 is 2.03 bits per heavy atom. The molecule has 0 radical (unpaired) electrons. The molecule has 0 N–H and O–H groups in total. The maximum atomic E-state index is 6.77. The van der Waals surface area contributed by atoms with Gasteiger partial charge < -0.3 is 9.64 Å². The van der Waals surface area contributed by atoms with Gasteiger partial charge in [-0.25, -0.2) is 0 Å². The van der Waals surface area contributed by atoms with E-state index in [0.717, 1.165) is 25.1 Å². The number of benzene rings is 3. The molecule has 3 aromatic rings. The van der Waals surface area contributed by atoms with Gasteiger partial charge in [-0.2, -0.15) is 0 Å². The molecule has 3 heteroatoms. The topological polar surface area (TPSA) is 12.5 Å². The number of nitrogens with zero attached hydrogens (tertiary/aromatic N) is 1. The van der Waals surface area contributed by atoms with Gasteiger partial charge in [-0.05, 0) is 55.7 Å². The molecule has 3 aromatic carbocycles. The van der Waals surface area contributed by atoms with E-state index >= 15 is 0 Å². The fraction of sp³-hybridized carbons (Fsp3) is 0.438. The fourth-order valence-electron chi connectivity index (χ4n) is 4.82. The van der Waals surface area contributed by atoms with Crippen molar-refractivity contribution in [2.24, 2.45) is 0 Å². The van der Waals surface area contributed by atoms with Gasteiger partial charge in [-0.1, -0.05) is 115 Å². The summed E-state index contributed by atoms with van der Waals surface area (Å²) in [4.78, 5) is 2.27. The number of rotatable bonds is 10. The lowest BCUT2D eigenvalue weighted by Gasteiger charge is -2.37. The summed E-state index contributed by atoms with van der Waals surface area (Å²) in [6, 6.07) is 24.3. The summed E-state index contributed by atoms with van der Waals surface area (Å²) in [5.41, 5.74) is 6.62. The minimum atomic E-state index is -0.00798. The maximum Gasteiger partial charge on any atom is 0.127 e. The molecular weight excluding hydrogens is 445 g/mol. The highest BCUT2D eigenvalue weighted by atomic mass is 31.1. The summed E-state index contributed by atoms with van der Waals surface area (Å²) < 4.78 is 6.77. The van der Waals surface area contributed by atoms with E-state index in [2.05, 4.69) is 127 Å². The first-order valence-corrected chi connectivity index (χ1v) is 13.9. The van der Waals surface area contributed by atoms with Crippen molar-refractivity contribution in [1.82, 2.24) is 4.90 Å². The summed E-state index contributed by atoms with van der Waals surface area (Å²) in [6.07, 6.45) is 2.15. The van der Waals surface area contributed by atoms with Crippen LogP contribution in [0.5, 0.6) is 5.75 Å². The first-order chi connectivity index (χ1) is 16.6. The fourth-order valence-corrected chi connectivity index (χ4v) is 6.52. The zero-order chi connectivity index (χ0) is 25.6. The predicted octanol–water partition coefficient (Wildman–Crippen LogP) is 7.95. The van der Waals surface area contributed by atoms with Gasteiger partial charge >= 0.3 is 0 Å². The number of hydrogen-bond acceptors (Lipinski definition) is 2. The van der Waals surface area contributed by atoms with Crippen molar-refractivity contribution in [3.8, 4) is 5.75 Å². The van der Waals surface area contributed by atoms with E-state index < -0.39 is 0 Å². The molecule has 0 spiro atoms. The van der Waals surface area contributed by atoms with Gasteiger partial charge in [0.15, 0.2) is 0 Å². The Bertz CT molecular complexity index is 1090. The van der Waals surface area contributed by atoms with Crippen molar-refractivity contribution in [1.29, 1.82) is 0 Å². The highest BCUT2D eigenvalue weighted by Crippen LogP contribution is 2.52. The minimum absolute atomic E-state index is 0.00798. The zero-order valence-electron chi connectivity index (χ0n) is 23.0. The van der Waals surface area contributed by atoms with Crippen LogP contribution in [-0.4, -0.2) is 19.0 Å². The first-order valence-electron chi connectivity index (χ1n) is 12.9. The second-order valence-electron chi connectivity index (χ2n) is 11.0. The molecule has 0 aliphatic rings. The summed E-state index contributed by atoms with van der Waals surface area (Å²) in [7, 11) is 4.98. The van der Waals surface area contributed by atoms with E-state index in [1.54, 1.807) is 0 Å². The van der Waals surface area contributed by atoms with Crippen molar-refractivity contribution >= 4 is 13.9 Å². The second kappa shape index (κ2) is 11.7. The van der Waals surface area contributed by atoms with Crippen LogP contribution in [0.2, 0.25) is 0 Å². The standard InChI is InChI=1S/C32H44NOP/c1-9-32(10-2,35-29-19-15-14-18-26(29)22-33(7)8)28-21-24(3)20-27(31(4,5)6)30(28)34-23-25-16-12-11-13-17-25/h11-21,35H,9-10,22-23H2,1-8H3. The summed E-state index contributed by atoms with van der Waals surface area (Å²) >= 11 is 0. The molecule has 0 aliphatic heterocycles. The Hall–Kier alpha value is -2.15. The molecule has 0 amide bonds. The van der Waals surface area contributed by atoms with E-state index in [9.17, 15) is 0 Å². The molecule has 35 heavy (non-hydrogen) atoms.